The Kier molecular flexibility index (Phi) is 6.59. The lowest BCUT2D eigenvalue weighted by atomic mass is 9.64. The van der Waals surface area contributed by atoms with Crippen LogP contribution in [0.1, 0.15) is 51.7 Å². The van der Waals surface area contributed by atoms with E-state index in [0.29, 0.717) is 5.56 Å². The van der Waals surface area contributed by atoms with Gasteiger partial charge in [0.1, 0.15) is 12.1 Å². The molecule has 2 fully saturated rings. The number of ketones is 1. The highest BCUT2D eigenvalue weighted by Gasteiger charge is 2.61. The predicted molar refractivity (Wildman–Crippen MR) is 113 cm³/mol. The second kappa shape index (κ2) is 8.79. The molecule has 1 aromatic carbocycles. The molecule has 0 bridgehead atoms. The molecule has 1 aromatic rings. The molecule has 3 rings (SSSR count). The first kappa shape index (κ1) is 24.7. The van der Waals surface area contributed by atoms with Crippen LogP contribution >= 0.6 is 0 Å². The molecule has 10 heteroatoms. The van der Waals surface area contributed by atoms with Crippen LogP contribution in [0.15, 0.2) is 24.3 Å². The largest absolute Gasteiger partial charge is 0.416 e. The van der Waals surface area contributed by atoms with Crippen molar-refractivity contribution in [2.24, 2.45) is 5.92 Å². The van der Waals surface area contributed by atoms with Gasteiger partial charge in [-0.15, -0.1) is 0 Å². The van der Waals surface area contributed by atoms with Crippen molar-refractivity contribution in [3.63, 3.8) is 0 Å². The van der Waals surface area contributed by atoms with E-state index in [2.05, 4.69) is 5.32 Å². The first-order chi connectivity index (χ1) is 15.3. The highest BCUT2D eigenvalue weighted by Crippen LogP contribution is 2.47. The molecule has 1 spiro atoms. The number of carbonyl (C=O) groups is 4. The van der Waals surface area contributed by atoms with Crippen LogP contribution in [0.2, 0.25) is 0 Å². The maximum absolute atomic E-state index is 13.4. The summed E-state index contributed by atoms with van der Waals surface area (Å²) in [4.78, 5) is 53.3. The molecule has 1 saturated carbocycles. The number of nitrogens with zero attached hydrogens (tertiary/aromatic N) is 2. The number of amides is 3. The van der Waals surface area contributed by atoms with Crippen LogP contribution in [-0.4, -0.2) is 57.5 Å². The molecule has 1 aliphatic heterocycles. The second-order valence-electron chi connectivity index (χ2n) is 9.18. The van der Waals surface area contributed by atoms with Crippen molar-refractivity contribution in [2.75, 3.05) is 6.54 Å². The number of hydrogen-bond acceptors (Lipinski definition) is 4. The minimum absolute atomic E-state index is 0.0349. The molecule has 3 amide bonds. The molecule has 180 valence electrons. The minimum Gasteiger partial charge on any atom is -0.346 e. The molecule has 1 unspecified atom stereocenters. The third kappa shape index (κ3) is 4.74. The maximum Gasteiger partial charge on any atom is 0.416 e. The van der Waals surface area contributed by atoms with Gasteiger partial charge in [-0.25, -0.2) is 0 Å². The highest BCUT2D eigenvalue weighted by atomic mass is 19.4. The number of nitrogens with one attached hydrogen (secondary N) is 1. The van der Waals surface area contributed by atoms with E-state index in [4.69, 9.17) is 0 Å². The van der Waals surface area contributed by atoms with Crippen LogP contribution < -0.4 is 5.32 Å². The lowest BCUT2D eigenvalue weighted by Crippen LogP contribution is -2.74. The number of rotatable bonds is 6. The third-order valence-electron chi connectivity index (χ3n) is 6.54. The highest BCUT2D eigenvalue weighted by molar-refractivity contribution is 6.01. The summed E-state index contributed by atoms with van der Waals surface area (Å²) in [5.74, 6) is -1.70. The third-order valence-corrected chi connectivity index (χ3v) is 6.54. The molecule has 1 atom stereocenters. The van der Waals surface area contributed by atoms with Crippen LogP contribution in [0, 0.1) is 5.92 Å². The van der Waals surface area contributed by atoms with Crippen LogP contribution in [0.25, 0.3) is 0 Å². The molecule has 0 radical (unpaired) electrons. The van der Waals surface area contributed by atoms with E-state index in [9.17, 15) is 32.3 Å². The maximum atomic E-state index is 13.4. The van der Waals surface area contributed by atoms with Gasteiger partial charge in [-0.05, 0) is 58.2 Å². The van der Waals surface area contributed by atoms with E-state index in [1.165, 1.54) is 28.9 Å². The molecule has 1 heterocycles. The van der Waals surface area contributed by atoms with Gasteiger partial charge in [0.2, 0.25) is 17.7 Å². The molecule has 33 heavy (non-hydrogen) atoms. The molecule has 2 aliphatic rings. The van der Waals surface area contributed by atoms with Gasteiger partial charge in [0, 0.05) is 18.5 Å². The van der Waals surface area contributed by atoms with Crippen LogP contribution in [0.4, 0.5) is 13.2 Å². The number of piperazine rings is 1. The summed E-state index contributed by atoms with van der Waals surface area (Å²) < 4.78 is 38.6. The van der Waals surface area contributed by atoms with Crippen molar-refractivity contribution in [1.29, 1.82) is 0 Å². The molecule has 0 aromatic heterocycles. The van der Waals surface area contributed by atoms with Gasteiger partial charge < -0.3 is 15.1 Å². The number of Topliss-reactive ketones (excluding diaryl/α,β-unsaturated/α-hetero) is 1. The number of carbonyl (C=O) groups excluding carboxylic acids is 4. The van der Waals surface area contributed by atoms with E-state index in [-0.39, 0.29) is 55.5 Å². The number of halogens is 3. The molecule has 7 nitrogen and oxygen atoms in total. The Bertz CT molecular complexity index is 953. The average Bonchev–Trinajstić information content (AvgIpc) is 2.68. The van der Waals surface area contributed by atoms with E-state index < -0.39 is 29.2 Å². The van der Waals surface area contributed by atoms with Gasteiger partial charge >= 0.3 is 6.18 Å². The molecular weight excluding hydrogens is 439 g/mol. The SMILES string of the molecule is CC(=O)C(C)NC(=O)[C@H]1C[C@]2(C1)C(=O)N(C(C)C)CC(=O)N2Cc1ccc(C(F)(F)F)cc1. The van der Waals surface area contributed by atoms with Gasteiger partial charge in [-0.2, -0.15) is 13.2 Å². The average molecular weight is 467 g/mol. The van der Waals surface area contributed by atoms with Crippen molar-refractivity contribution in [3.8, 4) is 0 Å². The van der Waals surface area contributed by atoms with E-state index in [1.807, 2.05) is 0 Å². The van der Waals surface area contributed by atoms with Gasteiger partial charge in [-0.1, -0.05) is 12.1 Å². The summed E-state index contributed by atoms with van der Waals surface area (Å²) in [6.07, 6.45) is -4.28. The van der Waals surface area contributed by atoms with Gasteiger partial charge in [0.25, 0.3) is 0 Å². The fourth-order valence-electron chi connectivity index (χ4n) is 4.33. The number of alkyl halides is 3. The topological polar surface area (TPSA) is 86.8 Å². The van der Waals surface area contributed by atoms with Crippen LogP contribution in [0.5, 0.6) is 0 Å². The first-order valence-electron chi connectivity index (χ1n) is 10.8. The van der Waals surface area contributed by atoms with Crippen molar-refractivity contribution in [1.82, 2.24) is 15.1 Å². The summed E-state index contributed by atoms with van der Waals surface area (Å²) in [5.41, 5.74) is -1.57. The summed E-state index contributed by atoms with van der Waals surface area (Å²) >= 11 is 0. The first-order valence-corrected chi connectivity index (χ1v) is 10.8. The summed E-state index contributed by atoms with van der Waals surface area (Å²) in [6, 6.07) is 3.59. The summed E-state index contributed by atoms with van der Waals surface area (Å²) in [6.45, 7) is 6.36. The van der Waals surface area contributed by atoms with E-state index in [1.54, 1.807) is 20.8 Å². The van der Waals surface area contributed by atoms with Gasteiger partial charge in [-0.3, -0.25) is 19.2 Å². The standard InChI is InChI=1S/C23H28F3N3O4/c1-13(2)28-12-19(31)29(11-16-5-7-18(8-6-16)23(24,25)26)22(21(28)33)9-17(10-22)20(32)27-14(3)15(4)30/h5-8,13-14,17H,9-12H2,1-4H3,(H,27,32)/t14?,17-,22-. The Morgan fingerprint density at radius 1 is 1.12 bits per heavy atom. The van der Waals surface area contributed by atoms with Crippen LogP contribution in [-0.2, 0) is 31.9 Å². The molecule has 1 aliphatic carbocycles. The smallest absolute Gasteiger partial charge is 0.346 e. The predicted octanol–water partition coefficient (Wildman–Crippen LogP) is 2.53. The zero-order valence-electron chi connectivity index (χ0n) is 19.0. The van der Waals surface area contributed by atoms with Crippen molar-refractivity contribution in [2.45, 2.75) is 70.9 Å². The Labute approximate surface area is 190 Å². The zero-order chi connectivity index (χ0) is 24.7. The summed E-state index contributed by atoms with van der Waals surface area (Å²) in [5, 5.41) is 2.62. The normalized spacial score (nSPS) is 24.2. The molecular formula is C23H28F3N3O4. The van der Waals surface area contributed by atoms with Gasteiger partial charge in [0.15, 0.2) is 5.78 Å². The molecule has 1 N–H and O–H groups in total. The van der Waals surface area contributed by atoms with Crippen molar-refractivity contribution >= 4 is 23.5 Å². The van der Waals surface area contributed by atoms with E-state index in [0.717, 1.165) is 12.1 Å². The second-order valence-corrected chi connectivity index (χ2v) is 9.18. The zero-order valence-corrected chi connectivity index (χ0v) is 19.0. The molecule has 1 saturated heterocycles. The minimum atomic E-state index is -4.47. The lowest BCUT2D eigenvalue weighted by molar-refractivity contribution is -0.180. The Morgan fingerprint density at radius 3 is 2.18 bits per heavy atom. The summed E-state index contributed by atoms with van der Waals surface area (Å²) in [7, 11) is 0. The fourth-order valence-corrected chi connectivity index (χ4v) is 4.33. The quantitative estimate of drug-likeness (QED) is 0.697. The lowest BCUT2D eigenvalue weighted by Gasteiger charge is -2.57. The number of benzene rings is 1. The fraction of sp³-hybridized carbons (Fsp3) is 0.565. The van der Waals surface area contributed by atoms with Crippen molar-refractivity contribution < 1.29 is 32.3 Å². The number of hydrogen-bond donors (Lipinski definition) is 1. The monoisotopic (exact) mass is 467 g/mol. The van der Waals surface area contributed by atoms with Gasteiger partial charge in [0.05, 0.1) is 11.6 Å². The Balaban J connectivity index is 1.84. The van der Waals surface area contributed by atoms with E-state index >= 15 is 0 Å². The van der Waals surface area contributed by atoms with Crippen molar-refractivity contribution in [3.05, 3.63) is 35.4 Å². The Morgan fingerprint density at radius 2 is 1.70 bits per heavy atom. The Hall–Kier alpha value is -2.91. The van der Waals surface area contributed by atoms with Crippen LogP contribution in [0.3, 0.4) is 0 Å².